The molecule has 0 atom stereocenters. The van der Waals surface area contributed by atoms with Gasteiger partial charge in [0.15, 0.2) is 0 Å². The van der Waals surface area contributed by atoms with Crippen molar-refractivity contribution in [2.45, 2.75) is 39.2 Å². The van der Waals surface area contributed by atoms with Gasteiger partial charge in [0, 0.05) is 36.4 Å². The molecular formula is C13H19N5OS. The number of aromatic amines is 1. The van der Waals surface area contributed by atoms with Gasteiger partial charge in [-0.2, -0.15) is 9.47 Å². The summed E-state index contributed by atoms with van der Waals surface area (Å²) in [5.41, 5.74) is 3.35. The molecule has 2 N–H and O–H groups in total. The highest BCUT2D eigenvalue weighted by Gasteiger charge is 2.20. The Bertz CT molecular complexity index is 573. The Morgan fingerprint density at radius 1 is 1.35 bits per heavy atom. The summed E-state index contributed by atoms with van der Waals surface area (Å²) in [5.74, 6) is 1.40. The van der Waals surface area contributed by atoms with E-state index >= 15 is 0 Å². The number of hydrogen-bond acceptors (Lipinski definition) is 6. The first kappa shape index (κ1) is 13.5. The van der Waals surface area contributed by atoms with Crippen LogP contribution in [0.3, 0.4) is 0 Å². The van der Waals surface area contributed by atoms with Gasteiger partial charge in [-0.25, -0.2) is 4.98 Å². The minimum absolute atomic E-state index is 0.449. The highest BCUT2D eigenvalue weighted by Crippen LogP contribution is 2.27. The van der Waals surface area contributed by atoms with Gasteiger partial charge in [0.1, 0.15) is 5.82 Å². The molecule has 1 aliphatic rings. The predicted octanol–water partition coefficient (Wildman–Crippen LogP) is 2.38. The van der Waals surface area contributed by atoms with E-state index in [0.717, 1.165) is 48.4 Å². The lowest BCUT2D eigenvalue weighted by atomic mass is 10.00. The summed E-state index contributed by atoms with van der Waals surface area (Å²) in [6.07, 6.45) is 2.04. The van der Waals surface area contributed by atoms with Crippen LogP contribution in [-0.4, -0.2) is 32.8 Å². The van der Waals surface area contributed by atoms with E-state index in [0.29, 0.717) is 12.5 Å². The van der Waals surface area contributed by atoms with Crippen LogP contribution in [0.5, 0.6) is 0 Å². The third-order valence-corrected chi connectivity index (χ3v) is 4.48. The van der Waals surface area contributed by atoms with Crippen LogP contribution in [0.4, 0.5) is 5.13 Å². The molecule has 1 fully saturated rings. The maximum atomic E-state index is 5.37. The Kier molecular flexibility index (Phi) is 3.98. The molecule has 0 aliphatic carbocycles. The molecule has 0 radical (unpaired) electrons. The largest absolute Gasteiger partial charge is 0.381 e. The standard InChI is InChI=1S/C13H19N5OS/c1-8-9(2)16-17-11(8)7-14-13-15-12(18-20-13)10-3-5-19-6-4-10/h10H,3-7H2,1-2H3,(H,16,17)(H,14,15,18). The molecule has 3 heterocycles. The molecule has 3 rings (SSSR count). The van der Waals surface area contributed by atoms with Crippen LogP contribution in [0.15, 0.2) is 0 Å². The van der Waals surface area contributed by atoms with Crippen molar-refractivity contribution < 1.29 is 4.74 Å². The number of rotatable bonds is 4. The minimum Gasteiger partial charge on any atom is -0.381 e. The number of anilines is 1. The Balaban J connectivity index is 1.61. The van der Waals surface area contributed by atoms with Crippen molar-refractivity contribution in [2.24, 2.45) is 0 Å². The van der Waals surface area contributed by atoms with Crippen LogP contribution in [0, 0.1) is 13.8 Å². The molecule has 6 nitrogen and oxygen atoms in total. The van der Waals surface area contributed by atoms with Crippen molar-refractivity contribution in [1.29, 1.82) is 0 Å². The number of H-pyrrole nitrogens is 1. The highest BCUT2D eigenvalue weighted by atomic mass is 32.1. The zero-order chi connectivity index (χ0) is 13.9. The molecule has 1 saturated heterocycles. The third-order valence-electron chi connectivity index (χ3n) is 3.79. The first-order valence-corrected chi connectivity index (χ1v) is 7.67. The summed E-state index contributed by atoms with van der Waals surface area (Å²) in [4.78, 5) is 4.59. The van der Waals surface area contributed by atoms with Gasteiger partial charge in [0.25, 0.3) is 0 Å². The quantitative estimate of drug-likeness (QED) is 0.905. The summed E-state index contributed by atoms with van der Waals surface area (Å²) in [6, 6.07) is 0. The SMILES string of the molecule is Cc1[nH]nc(CNc2nc(C3CCOCC3)ns2)c1C. The van der Waals surface area contributed by atoms with E-state index in [1.807, 2.05) is 6.92 Å². The van der Waals surface area contributed by atoms with Crippen LogP contribution in [-0.2, 0) is 11.3 Å². The van der Waals surface area contributed by atoms with E-state index in [9.17, 15) is 0 Å². The summed E-state index contributed by atoms with van der Waals surface area (Å²) >= 11 is 1.42. The second-order valence-electron chi connectivity index (χ2n) is 5.12. The molecule has 0 aromatic carbocycles. The molecule has 0 spiro atoms. The smallest absolute Gasteiger partial charge is 0.202 e. The van der Waals surface area contributed by atoms with Gasteiger partial charge in [0.05, 0.1) is 12.2 Å². The maximum absolute atomic E-state index is 5.37. The van der Waals surface area contributed by atoms with Crippen LogP contribution >= 0.6 is 11.5 Å². The van der Waals surface area contributed by atoms with Gasteiger partial charge >= 0.3 is 0 Å². The van der Waals surface area contributed by atoms with E-state index < -0.39 is 0 Å². The molecule has 1 aliphatic heterocycles. The van der Waals surface area contributed by atoms with Crippen LogP contribution in [0.2, 0.25) is 0 Å². The summed E-state index contributed by atoms with van der Waals surface area (Å²) < 4.78 is 9.83. The molecule has 0 bridgehead atoms. The van der Waals surface area contributed by atoms with Crippen molar-refractivity contribution in [3.8, 4) is 0 Å². The van der Waals surface area contributed by atoms with E-state index in [-0.39, 0.29) is 0 Å². The van der Waals surface area contributed by atoms with E-state index in [1.165, 1.54) is 17.1 Å². The lowest BCUT2D eigenvalue weighted by molar-refractivity contribution is 0.0838. The van der Waals surface area contributed by atoms with Crippen molar-refractivity contribution >= 4 is 16.7 Å². The zero-order valence-electron chi connectivity index (χ0n) is 11.8. The molecule has 0 saturated carbocycles. The maximum Gasteiger partial charge on any atom is 0.202 e. The number of hydrogen-bond donors (Lipinski definition) is 2. The molecule has 7 heteroatoms. The van der Waals surface area contributed by atoms with Crippen LogP contribution in [0.1, 0.15) is 41.5 Å². The van der Waals surface area contributed by atoms with Crippen molar-refractivity contribution in [2.75, 3.05) is 18.5 Å². The van der Waals surface area contributed by atoms with Gasteiger partial charge in [-0.15, -0.1) is 0 Å². The number of ether oxygens (including phenoxy) is 1. The van der Waals surface area contributed by atoms with Crippen molar-refractivity contribution in [3.63, 3.8) is 0 Å². The topological polar surface area (TPSA) is 75.7 Å². The Hall–Kier alpha value is -1.47. The number of aryl methyl sites for hydroxylation is 1. The summed E-state index contributed by atoms with van der Waals surface area (Å²) in [5, 5.41) is 11.4. The average molecular weight is 293 g/mol. The number of aromatic nitrogens is 4. The molecule has 108 valence electrons. The first-order chi connectivity index (χ1) is 9.74. The fraction of sp³-hybridized carbons (Fsp3) is 0.615. The summed E-state index contributed by atoms with van der Waals surface area (Å²) in [7, 11) is 0. The third kappa shape index (κ3) is 2.83. The van der Waals surface area contributed by atoms with Crippen molar-refractivity contribution in [3.05, 3.63) is 22.8 Å². The molecular weight excluding hydrogens is 274 g/mol. The predicted molar refractivity (Wildman–Crippen MR) is 78.1 cm³/mol. The molecule has 2 aromatic rings. The van der Waals surface area contributed by atoms with Crippen molar-refractivity contribution in [1.82, 2.24) is 19.6 Å². The Morgan fingerprint density at radius 3 is 2.85 bits per heavy atom. The lowest BCUT2D eigenvalue weighted by Gasteiger charge is -2.18. The van der Waals surface area contributed by atoms with Crippen LogP contribution in [0.25, 0.3) is 0 Å². The number of nitrogens with one attached hydrogen (secondary N) is 2. The fourth-order valence-electron chi connectivity index (χ4n) is 2.30. The van der Waals surface area contributed by atoms with Gasteiger partial charge in [-0.1, -0.05) is 0 Å². The molecule has 20 heavy (non-hydrogen) atoms. The summed E-state index contributed by atoms with van der Waals surface area (Å²) in [6.45, 7) is 6.42. The fourth-order valence-corrected chi connectivity index (χ4v) is 2.94. The average Bonchev–Trinajstić information content (AvgIpc) is 3.07. The lowest BCUT2D eigenvalue weighted by Crippen LogP contribution is -2.15. The van der Waals surface area contributed by atoms with Gasteiger partial charge in [0.2, 0.25) is 5.13 Å². The first-order valence-electron chi connectivity index (χ1n) is 6.89. The zero-order valence-corrected chi connectivity index (χ0v) is 12.6. The highest BCUT2D eigenvalue weighted by molar-refractivity contribution is 7.09. The molecule has 0 amide bonds. The van der Waals surface area contributed by atoms with Crippen LogP contribution < -0.4 is 5.32 Å². The Morgan fingerprint density at radius 2 is 2.15 bits per heavy atom. The Labute approximate surface area is 122 Å². The van der Waals surface area contributed by atoms with Gasteiger partial charge in [-0.3, -0.25) is 5.10 Å². The second-order valence-corrected chi connectivity index (χ2v) is 5.87. The van der Waals surface area contributed by atoms with E-state index in [4.69, 9.17) is 4.74 Å². The van der Waals surface area contributed by atoms with Gasteiger partial charge in [-0.05, 0) is 32.3 Å². The van der Waals surface area contributed by atoms with E-state index in [1.54, 1.807) is 0 Å². The van der Waals surface area contributed by atoms with E-state index in [2.05, 4.69) is 31.8 Å². The number of nitrogens with zero attached hydrogens (tertiary/aromatic N) is 3. The molecule has 0 unspecified atom stereocenters. The normalized spacial score (nSPS) is 16.5. The molecule has 2 aromatic heterocycles. The van der Waals surface area contributed by atoms with Gasteiger partial charge < -0.3 is 10.1 Å². The second kappa shape index (κ2) is 5.88. The minimum atomic E-state index is 0.449. The monoisotopic (exact) mass is 293 g/mol.